The SMILES string of the molecule is COC(=O)C(C)CN(C)CC1CCN(C)C1. The number of carbonyl (C=O) groups is 1. The monoisotopic (exact) mass is 228 g/mol. The molecule has 0 aromatic rings. The summed E-state index contributed by atoms with van der Waals surface area (Å²) in [7, 11) is 5.69. The van der Waals surface area contributed by atoms with Crippen LogP contribution in [0.15, 0.2) is 0 Å². The zero-order chi connectivity index (χ0) is 12.1. The van der Waals surface area contributed by atoms with E-state index in [-0.39, 0.29) is 11.9 Å². The van der Waals surface area contributed by atoms with Crippen LogP contribution in [0.4, 0.5) is 0 Å². The smallest absolute Gasteiger partial charge is 0.309 e. The summed E-state index contributed by atoms with van der Waals surface area (Å²) >= 11 is 0. The van der Waals surface area contributed by atoms with Crippen LogP contribution in [0.3, 0.4) is 0 Å². The lowest BCUT2D eigenvalue weighted by Gasteiger charge is -2.23. The number of likely N-dealkylation sites (tertiary alicyclic amines) is 1. The molecule has 2 atom stereocenters. The summed E-state index contributed by atoms with van der Waals surface area (Å²) in [5.41, 5.74) is 0. The maximum Gasteiger partial charge on any atom is 0.309 e. The zero-order valence-corrected chi connectivity index (χ0v) is 10.9. The van der Waals surface area contributed by atoms with E-state index in [2.05, 4.69) is 23.9 Å². The molecule has 1 aliphatic heterocycles. The summed E-state index contributed by atoms with van der Waals surface area (Å²) in [6, 6.07) is 0. The van der Waals surface area contributed by atoms with Crippen LogP contribution in [0.5, 0.6) is 0 Å². The Balaban J connectivity index is 2.25. The standard InChI is InChI=1S/C12H24N2O2/c1-10(12(15)16-4)7-14(3)9-11-5-6-13(2)8-11/h10-11H,5-9H2,1-4H3. The van der Waals surface area contributed by atoms with Crippen LogP contribution in [0.2, 0.25) is 0 Å². The molecule has 0 spiro atoms. The highest BCUT2D eigenvalue weighted by Crippen LogP contribution is 2.15. The molecule has 0 aromatic heterocycles. The van der Waals surface area contributed by atoms with Crippen molar-refractivity contribution in [3.05, 3.63) is 0 Å². The zero-order valence-electron chi connectivity index (χ0n) is 10.9. The van der Waals surface area contributed by atoms with E-state index in [1.807, 2.05) is 6.92 Å². The van der Waals surface area contributed by atoms with Crippen LogP contribution < -0.4 is 0 Å². The first-order valence-electron chi connectivity index (χ1n) is 5.97. The summed E-state index contributed by atoms with van der Waals surface area (Å²) in [5, 5.41) is 0. The number of hydrogen-bond donors (Lipinski definition) is 0. The Kier molecular flexibility index (Phi) is 5.22. The predicted octanol–water partition coefficient (Wildman–Crippen LogP) is 0.679. The first-order chi connectivity index (χ1) is 7.52. The van der Waals surface area contributed by atoms with E-state index in [9.17, 15) is 4.79 Å². The third-order valence-corrected chi connectivity index (χ3v) is 3.25. The number of ether oxygens (including phenoxy) is 1. The second kappa shape index (κ2) is 6.21. The molecule has 1 saturated heterocycles. The van der Waals surface area contributed by atoms with E-state index < -0.39 is 0 Å². The maximum atomic E-state index is 11.3. The molecular formula is C12H24N2O2. The van der Waals surface area contributed by atoms with Gasteiger partial charge >= 0.3 is 5.97 Å². The summed E-state index contributed by atoms with van der Waals surface area (Å²) in [5.74, 6) is 0.601. The van der Waals surface area contributed by atoms with E-state index in [0.717, 1.165) is 19.0 Å². The third kappa shape index (κ3) is 4.10. The van der Waals surface area contributed by atoms with Gasteiger partial charge in [0.05, 0.1) is 13.0 Å². The highest BCUT2D eigenvalue weighted by Gasteiger charge is 2.22. The average Bonchev–Trinajstić information content (AvgIpc) is 2.62. The Labute approximate surface area is 98.5 Å². The van der Waals surface area contributed by atoms with Gasteiger partial charge in [-0.2, -0.15) is 0 Å². The minimum Gasteiger partial charge on any atom is -0.469 e. The Morgan fingerprint density at radius 3 is 2.81 bits per heavy atom. The van der Waals surface area contributed by atoms with E-state index in [1.54, 1.807) is 0 Å². The van der Waals surface area contributed by atoms with Gasteiger partial charge in [-0.15, -0.1) is 0 Å². The Bertz CT molecular complexity index is 233. The van der Waals surface area contributed by atoms with Crippen LogP contribution in [0.25, 0.3) is 0 Å². The van der Waals surface area contributed by atoms with E-state index in [4.69, 9.17) is 4.74 Å². The Morgan fingerprint density at radius 1 is 1.62 bits per heavy atom. The molecule has 0 aliphatic carbocycles. The minimum atomic E-state index is -0.115. The highest BCUT2D eigenvalue weighted by molar-refractivity contribution is 5.71. The molecule has 0 aromatic carbocycles. The van der Waals surface area contributed by atoms with Crippen LogP contribution in [-0.4, -0.2) is 63.2 Å². The number of esters is 1. The van der Waals surface area contributed by atoms with Crippen molar-refractivity contribution >= 4 is 5.97 Å². The predicted molar refractivity (Wildman–Crippen MR) is 64.3 cm³/mol. The van der Waals surface area contributed by atoms with E-state index in [1.165, 1.54) is 26.6 Å². The fraction of sp³-hybridized carbons (Fsp3) is 0.917. The van der Waals surface area contributed by atoms with Crippen molar-refractivity contribution in [1.82, 2.24) is 9.80 Å². The molecule has 0 bridgehead atoms. The largest absolute Gasteiger partial charge is 0.469 e. The van der Waals surface area contributed by atoms with Gasteiger partial charge in [0.25, 0.3) is 0 Å². The summed E-state index contributed by atoms with van der Waals surface area (Å²) in [4.78, 5) is 15.9. The molecule has 0 N–H and O–H groups in total. The summed E-state index contributed by atoms with van der Waals surface area (Å²) < 4.78 is 4.73. The van der Waals surface area contributed by atoms with Gasteiger partial charge in [-0.3, -0.25) is 4.79 Å². The van der Waals surface area contributed by atoms with Crippen LogP contribution >= 0.6 is 0 Å². The summed E-state index contributed by atoms with van der Waals surface area (Å²) in [6.07, 6.45) is 1.27. The molecule has 2 unspecified atom stereocenters. The van der Waals surface area contributed by atoms with Gasteiger partial charge in [0, 0.05) is 19.6 Å². The highest BCUT2D eigenvalue weighted by atomic mass is 16.5. The lowest BCUT2D eigenvalue weighted by Crippen LogP contribution is -2.33. The molecule has 1 fully saturated rings. The van der Waals surface area contributed by atoms with Crippen LogP contribution in [0, 0.1) is 11.8 Å². The fourth-order valence-electron chi connectivity index (χ4n) is 2.43. The van der Waals surface area contributed by atoms with Gasteiger partial charge in [0.2, 0.25) is 0 Å². The molecule has 1 aliphatic rings. The quantitative estimate of drug-likeness (QED) is 0.648. The second-order valence-corrected chi connectivity index (χ2v) is 5.06. The topological polar surface area (TPSA) is 32.8 Å². The lowest BCUT2D eigenvalue weighted by atomic mass is 10.1. The average molecular weight is 228 g/mol. The fourth-order valence-corrected chi connectivity index (χ4v) is 2.43. The van der Waals surface area contributed by atoms with Crippen molar-refractivity contribution < 1.29 is 9.53 Å². The van der Waals surface area contributed by atoms with E-state index in [0.29, 0.717) is 0 Å². The van der Waals surface area contributed by atoms with Crippen molar-refractivity contribution in [2.75, 3.05) is 47.4 Å². The molecule has 0 radical (unpaired) electrons. The van der Waals surface area contributed by atoms with Crippen molar-refractivity contribution in [3.8, 4) is 0 Å². The number of hydrogen-bond acceptors (Lipinski definition) is 4. The third-order valence-electron chi connectivity index (χ3n) is 3.25. The Hall–Kier alpha value is -0.610. The van der Waals surface area contributed by atoms with Gasteiger partial charge in [0.15, 0.2) is 0 Å². The maximum absolute atomic E-state index is 11.3. The lowest BCUT2D eigenvalue weighted by molar-refractivity contribution is -0.145. The first kappa shape index (κ1) is 13.5. The van der Waals surface area contributed by atoms with Gasteiger partial charge < -0.3 is 14.5 Å². The minimum absolute atomic E-state index is 0.0332. The molecule has 4 heteroatoms. The van der Waals surface area contributed by atoms with Crippen molar-refractivity contribution in [2.24, 2.45) is 11.8 Å². The van der Waals surface area contributed by atoms with Gasteiger partial charge in [0.1, 0.15) is 0 Å². The number of rotatable bonds is 5. The van der Waals surface area contributed by atoms with Gasteiger partial charge in [-0.25, -0.2) is 0 Å². The molecule has 0 saturated carbocycles. The molecule has 4 nitrogen and oxygen atoms in total. The van der Waals surface area contributed by atoms with E-state index >= 15 is 0 Å². The van der Waals surface area contributed by atoms with Crippen molar-refractivity contribution in [2.45, 2.75) is 13.3 Å². The normalized spacial score (nSPS) is 23.7. The molecule has 94 valence electrons. The van der Waals surface area contributed by atoms with Crippen molar-refractivity contribution in [3.63, 3.8) is 0 Å². The van der Waals surface area contributed by atoms with Crippen LogP contribution in [-0.2, 0) is 9.53 Å². The molecule has 1 rings (SSSR count). The van der Waals surface area contributed by atoms with Crippen molar-refractivity contribution in [1.29, 1.82) is 0 Å². The van der Waals surface area contributed by atoms with Crippen LogP contribution in [0.1, 0.15) is 13.3 Å². The second-order valence-electron chi connectivity index (χ2n) is 5.06. The number of nitrogens with zero attached hydrogens (tertiary/aromatic N) is 2. The molecule has 0 amide bonds. The molecule has 1 heterocycles. The number of methoxy groups -OCH3 is 1. The molecular weight excluding hydrogens is 204 g/mol. The van der Waals surface area contributed by atoms with Gasteiger partial charge in [-0.1, -0.05) is 6.92 Å². The first-order valence-corrected chi connectivity index (χ1v) is 5.97. The Morgan fingerprint density at radius 2 is 2.31 bits per heavy atom. The summed E-state index contributed by atoms with van der Waals surface area (Å²) in [6.45, 7) is 6.16. The van der Waals surface area contributed by atoms with Gasteiger partial charge in [-0.05, 0) is 33.0 Å². The number of carbonyl (C=O) groups excluding carboxylic acids is 1. The molecule has 16 heavy (non-hydrogen) atoms.